The number of benzene rings is 1. The number of ether oxygens (including phenoxy) is 1. The lowest BCUT2D eigenvalue weighted by atomic mass is 9.98. The van der Waals surface area contributed by atoms with Crippen LogP contribution in [0.2, 0.25) is 0 Å². The molecule has 2 fully saturated rings. The first-order valence-electron chi connectivity index (χ1n) is 8.47. The summed E-state index contributed by atoms with van der Waals surface area (Å²) in [4.78, 5) is 2.60. The van der Waals surface area contributed by atoms with Crippen molar-refractivity contribution in [3.05, 3.63) is 35.9 Å². The first-order chi connectivity index (χ1) is 10.4. The standard InChI is InChI=1S/C18H28N2O/c1-2-5-17(6-3-1)14-20-10-4-7-18(15-20)19-13-16-8-11-21-12-9-16/h1-3,5-6,16,18-19H,4,7-15H2. The van der Waals surface area contributed by atoms with Crippen molar-refractivity contribution in [2.75, 3.05) is 32.8 Å². The third kappa shape index (κ3) is 4.80. The Balaban J connectivity index is 1.42. The predicted octanol–water partition coefficient (Wildman–Crippen LogP) is 2.67. The molecule has 0 saturated carbocycles. The minimum Gasteiger partial charge on any atom is -0.381 e. The largest absolute Gasteiger partial charge is 0.381 e. The predicted molar refractivity (Wildman–Crippen MR) is 86.3 cm³/mol. The Labute approximate surface area is 128 Å². The van der Waals surface area contributed by atoms with E-state index in [4.69, 9.17) is 4.74 Å². The van der Waals surface area contributed by atoms with Crippen LogP contribution in [0, 0.1) is 5.92 Å². The van der Waals surface area contributed by atoms with E-state index in [-0.39, 0.29) is 0 Å². The molecule has 1 aromatic carbocycles. The van der Waals surface area contributed by atoms with Gasteiger partial charge in [0.25, 0.3) is 0 Å². The number of rotatable bonds is 5. The smallest absolute Gasteiger partial charge is 0.0469 e. The number of piperidine rings is 1. The van der Waals surface area contributed by atoms with Gasteiger partial charge in [0.1, 0.15) is 0 Å². The molecule has 3 heteroatoms. The summed E-state index contributed by atoms with van der Waals surface area (Å²) in [7, 11) is 0. The second-order valence-electron chi connectivity index (χ2n) is 6.52. The van der Waals surface area contributed by atoms with Gasteiger partial charge in [-0.3, -0.25) is 4.90 Å². The maximum atomic E-state index is 5.44. The minimum atomic E-state index is 0.672. The molecule has 2 aliphatic heterocycles. The molecule has 116 valence electrons. The van der Waals surface area contributed by atoms with Crippen molar-refractivity contribution < 1.29 is 4.74 Å². The second-order valence-corrected chi connectivity index (χ2v) is 6.52. The molecule has 2 aliphatic rings. The van der Waals surface area contributed by atoms with E-state index in [0.717, 1.165) is 25.7 Å². The Kier molecular flexibility index (Phi) is 5.67. The van der Waals surface area contributed by atoms with Gasteiger partial charge in [-0.1, -0.05) is 30.3 Å². The summed E-state index contributed by atoms with van der Waals surface area (Å²) < 4.78 is 5.44. The van der Waals surface area contributed by atoms with Crippen LogP contribution in [0.1, 0.15) is 31.2 Å². The van der Waals surface area contributed by atoms with E-state index in [0.29, 0.717) is 6.04 Å². The second kappa shape index (κ2) is 7.92. The average Bonchev–Trinajstić information content (AvgIpc) is 2.55. The molecule has 0 spiro atoms. The van der Waals surface area contributed by atoms with E-state index in [2.05, 4.69) is 40.5 Å². The molecule has 0 aliphatic carbocycles. The first kappa shape index (κ1) is 15.0. The van der Waals surface area contributed by atoms with Crippen molar-refractivity contribution in [3.8, 4) is 0 Å². The van der Waals surface area contributed by atoms with Crippen LogP contribution in [0.4, 0.5) is 0 Å². The zero-order valence-electron chi connectivity index (χ0n) is 13.0. The summed E-state index contributed by atoms with van der Waals surface area (Å²) in [5.74, 6) is 0.822. The molecule has 0 aromatic heterocycles. The fourth-order valence-electron chi connectivity index (χ4n) is 3.49. The SMILES string of the molecule is c1ccc(CN2CCCC(NCC3CCOCC3)C2)cc1. The van der Waals surface area contributed by atoms with E-state index in [1.807, 2.05) is 0 Å². The van der Waals surface area contributed by atoms with Gasteiger partial charge in [0.2, 0.25) is 0 Å². The average molecular weight is 288 g/mol. The molecule has 1 aromatic rings. The van der Waals surface area contributed by atoms with Crippen LogP contribution in [0.15, 0.2) is 30.3 Å². The number of nitrogens with zero attached hydrogens (tertiary/aromatic N) is 1. The van der Waals surface area contributed by atoms with E-state index in [1.165, 1.54) is 50.9 Å². The third-order valence-corrected chi connectivity index (χ3v) is 4.79. The lowest BCUT2D eigenvalue weighted by Crippen LogP contribution is -2.46. The number of hydrogen-bond donors (Lipinski definition) is 1. The van der Waals surface area contributed by atoms with Gasteiger partial charge in [0.15, 0.2) is 0 Å². The van der Waals surface area contributed by atoms with Crippen LogP contribution in [-0.4, -0.2) is 43.8 Å². The monoisotopic (exact) mass is 288 g/mol. The van der Waals surface area contributed by atoms with Gasteiger partial charge >= 0.3 is 0 Å². The van der Waals surface area contributed by atoms with Gasteiger partial charge in [0.05, 0.1) is 0 Å². The number of likely N-dealkylation sites (tertiary alicyclic amines) is 1. The van der Waals surface area contributed by atoms with Crippen molar-refractivity contribution in [2.24, 2.45) is 5.92 Å². The van der Waals surface area contributed by atoms with Crippen LogP contribution in [-0.2, 0) is 11.3 Å². The quantitative estimate of drug-likeness (QED) is 0.901. The summed E-state index contributed by atoms with van der Waals surface area (Å²) in [5.41, 5.74) is 1.43. The van der Waals surface area contributed by atoms with E-state index < -0.39 is 0 Å². The highest BCUT2D eigenvalue weighted by Crippen LogP contribution is 2.16. The van der Waals surface area contributed by atoms with E-state index in [1.54, 1.807) is 0 Å². The number of nitrogens with one attached hydrogen (secondary N) is 1. The lowest BCUT2D eigenvalue weighted by molar-refractivity contribution is 0.0638. The van der Waals surface area contributed by atoms with Gasteiger partial charge in [-0.25, -0.2) is 0 Å². The molecule has 1 N–H and O–H groups in total. The molecule has 21 heavy (non-hydrogen) atoms. The molecule has 0 bridgehead atoms. The van der Waals surface area contributed by atoms with Gasteiger partial charge in [-0.05, 0) is 50.3 Å². The Bertz CT molecular complexity index is 403. The Morgan fingerprint density at radius 2 is 1.90 bits per heavy atom. The van der Waals surface area contributed by atoms with Gasteiger partial charge in [-0.15, -0.1) is 0 Å². The maximum absolute atomic E-state index is 5.44. The fourth-order valence-corrected chi connectivity index (χ4v) is 3.49. The first-order valence-corrected chi connectivity index (χ1v) is 8.47. The molecule has 1 unspecified atom stereocenters. The molecule has 2 saturated heterocycles. The highest BCUT2D eigenvalue weighted by molar-refractivity contribution is 5.14. The summed E-state index contributed by atoms with van der Waals surface area (Å²) >= 11 is 0. The van der Waals surface area contributed by atoms with E-state index in [9.17, 15) is 0 Å². The highest BCUT2D eigenvalue weighted by Gasteiger charge is 2.21. The Morgan fingerprint density at radius 3 is 2.71 bits per heavy atom. The van der Waals surface area contributed by atoms with Crippen molar-refractivity contribution >= 4 is 0 Å². The van der Waals surface area contributed by atoms with Crippen molar-refractivity contribution in [1.82, 2.24) is 10.2 Å². The zero-order chi connectivity index (χ0) is 14.3. The molecular formula is C18H28N2O. The van der Waals surface area contributed by atoms with Crippen LogP contribution in [0.3, 0.4) is 0 Å². The van der Waals surface area contributed by atoms with Gasteiger partial charge in [0, 0.05) is 32.3 Å². The maximum Gasteiger partial charge on any atom is 0.0469 e. The van der Waals surface area contributed by atoms with E-state index >= 15 is 0 Å². The topological polar surface area (TPSA) is 24.5 Å². The summed E-state index contributed by atoms with van der Waals surface area (Å²) in [6.07, 6.45) is 5.10. The normalized spacial score (nSPS) is 25.0. The summed E-state index contributed by atoms with van der Waals surface area (Å²) in [6.45, 7) is 6.61. The van der Waals surface area contributed by atoms with Crippen LogP contribution in [0.25, 0.3) is 0 Å². The van der Waals surface area contributed by atoms with Gasteiger partial charge in [-0.2, -0.15) is 0 Å². The molecule has 3 rings (SSSR count). The zero-order valence-corrected chi connectivity index (χ0v) is 13.0. The number of hydrogen-bond acceptors (Lipinski definition) is 3. The van der Waals surface area contributed by atoms with Gasteiger partial charge < -0.3 is 10.1 Å². The fraction of sp³-hybridized carbons (Fsp3) is 0.667. The summed E-state index contributed by atoms with van der Waals surface area (Å²) in [5, 5.41) is 3.81. The molecular weight excluding hydrogens is 260 g/mol. The molecule has 2 heterocycles. The van der Waals surface area contributed by atoms with Crippen LogP contribution < -0.4 is 5.32 Å². The highest BCUT2D eigenvalue weighted by atomic mass is 16.5. The molecule has 1 atom stereocenters. The van der Waals surface area contributed by atoms with Crippen molar-refractivity contribution in [1.29, 1.82) is 0 Å². The van der Waals surface area contributed by atoms with Crippen molar-refractivity contribution in [3.63, 3.8) is 0 Å². The summed E-state index contributed by atoms with van der Waals surface area (Å²) in [6, 6.07) is 11.5. The van der Waals surface area contributed by atoms with Crippen LogP contribution >= 0.6 is 0 Å². The Hall–Kier alpha value is -0.900. The third-order valence-electron chi connectivity index (χ3n) is 4.79. The molecule has 0 amide bonds. The lowest BCUT2D eigenvalue weighted by Gasteiger charge is -2.34. The van der Waals surface area contributed by atoms with Crippen molar-refractivity contribution in [2.45, 2.75) is 38.3 Å². The molecule has 3 nitrogen and oxygen atoms in total. The minimum absolute atomic E-state index is 0.672. The molecule has 0 radical (unpaired) electrons. The van der Waals surface area contributed by atoms with Crippen LogP contribution in [0.5, 0.6) is 0 Å². The Morgan fingerprint density at radius 1 is 1.10 bits per heavy atom.